The largest absolute Gasteiger partial charge is 0.388 e. The second kappa shape index (κ2) is 6.25. The highest BCUT2D eigenvalue weighted by molar-refractivity contribution is 9.10. The lowest BCUT2D eigenvalue weighted by molar-refractivity contribution is 0.00526. The van der Waals surface area contributed by atoms with Crippen molar-refractivity contribution >= 4 is 33.4 Å². The van der Waals surface area contributed by atoms with Crippen LogP contribution in [0.3, 0.4) is 0 Å². The Bertz CT molecular complexity index is 473. The second-order valence-corrected chi connectivity index (χ2v) is 6.41. The highest BCUT2D eigenvalue weighted by Gasteiger charge is 2.29. The molecule has 1 saturated carbocycles. The van der Waals surface area contributed by atoms with E-state index in [2.05, 4.69) is 21.2 Å². The lowest BCUT2D eigenvalue weighted by Crippen LogP contribution is -2.44. The number of amides is 1. The molecule has 0 radical (unpaired) electrons. The minimum absolute atomic E-state index is 0.245. The molecule has 1 aromatic rings. The number of nitrogens with one attached hydrogen (secondary N) is 1. The monoisotopic (exact) mass is 345 g/mol. The first-order chi connectivity index (χ1) is 9.00. The van der Waals surface area contributed by atoms with Crippen LogP contribution in [0, 0.1) is 0 Å². The van der Waals surface area contributed by atoms with Crippen molar-refractivity contribution in [3.8, 4) is 0 Å². The van der Waals surface area contributed by atoms with Crippen molar-refractivity contribution < 1.29 is 9.90 Å². The molecule has 5 heteroatoms. The average molecular weight is 347 g/mol. The van der Waals surface area contributed by atoms with E-state index in [1.54, 1.807) is 18.2 Å². The Morgan fingerprint density at radius 2 is 2.05 bits per heavy atom. The molecule has 0 heterocycles. The van der Waals surface area contributed by atoms with E-state index in [9.17, 15) is 9.90 Å². The molecule has 2 N–H and O–H groups in total. The molecule has 104 valence electrons. The number of hydrogen-bond donors (Lipinski definition) is 2. The molecule has 1 aromatic carbocycles. The minimum Gasteiger partial charge on any atom is -0.388 e. The maximum atomic E-state index is 12.1. The van der Waals surface area contributed by atoms with E-state index in [1.807, 2.05) is 0 Å². The van der Waals surface area contributed by atoms with Gasteiger partial charge in [-0.15, -0.1) is 0 Å². The number of halogens is 2. The van der Waals surface area contributed by atoms with Gasteiger partial charge in [-0.05, 0) is 31.0 Å². The number of rotatable bonds is 3. The Balaban J connectivity index is 1.99. The highest BCUT2D eigenvalue weighted by Crippen LogP contribution is 2.27. The summed E-state index contributed by atoms with van der Waals surface area (Å²) in [7, 11) is 0. The molecule has 2 rings (SSSR count). The molecule has 1 fully saturated rings. The fraction of sp³-hybridized carbons (Fsp3) is 0.500. The van der Waals surface area contributed by atoms with Gasteiger partial charge >= 0.3 is 0 Å². The summed E-state index contributed by atoms with van der Waals surface area (Å²) in [6.07, 6.45) is 4.70. The van der Waals surface area contributed by atoms with Crippen LogP contribution in [0.15, 0.2) is 22.7 Å². The van der Waals surface area contributed by atoms with Gasteiger partial charge in [0.05, 0.1) is 16.2 Å². The number of carbonyl (C=O) groups is 1. The Kier molecular flexibility index (Phi) is 4.87. The normalized spacial score (nSPS) is 18.1. The van der Waals surface area contributed by atoms with Gasteiger partial charge in [0.15, 0.2) is 0 Å². The number of hydrogen-bond acceptors (Lipinski definition) is 2. The molecule has 0 unspecified atom stereocenters. The van der Waals surface area contributed by atoms with Crippen molar-refractivity contribution in [3.05, 3.63) is 33.3 Å². The van der Waals surface area contributed by atoms with Gasteiger partial charge in [-0.3, -0.25) is 4.79 Å². The van der Waals surface area contributed by atoms with E-state index in [1.165, 1.54) is 0 Å². The maximum Gasteiger partial charge on any atom is 0.252 e. The summed E-state index contributed by atoms with van der Waals surface area (Å²) in [6.45, 7) is 0.286. The van der Waals surface area contributed by atoms with Crippen LogP contribution in [0.1, 0.15) is 42.5 Å². The Morgan fingerprint density at radius 1 is 1.37 bits per heavy atom. The topological polar surface area (TPSA) is 49.3 Å². The summed E-state index contributed by atoms with van der Waals surface area (Å²) in [5.74, 6) is -0.245. The Labute approximate surface area is 126 Å². The average Bonchev–Trinajstić information content (AvgIpc) is 2.40. The summed E-state index contributed by atoms with van der Waals surface area (Å²) in [5.41, 5.74) is -0.331. The van der Waals surface area contributed by atoms with Gasteiger partial charge in [0.2, 0.25) is 0 Å². The van der Waals surface area contributed by atoms with Crippen LogP contribution in [0.5, 0.6) is 0 Å². The van der Waals surface area contributed by atoms with Crippen molar-refractivity contribution in [2.24, 2.45) is 0 Å². The number of aliphatic hydroxyl groups is 1. The third kappa shape index (κ3) is 3.94. The van der Waals surface area contributed by atoms with Gasteiger partial charge < -0.3 is 10.4 Å². The standard InChI is InChI=1S/C14H17BrClNO2/c15-10-4-5-12(16)11(8-10)13(18)17-9-14(19)6-2-1-3-7-14/h4-5,8,19H,1-3,6-7,9H2,(H,17,18). The van der Waals surface area contributed by atoms with Gasteiger partial charge in [0, 0.05) is 11.0 Å². The first-order valence-electron chi connectivity index (χ1n) is 6.46. The van der Waals surface area contributed by atoms with Gasteiger partial charge in [-0.2, -0.15) is 0 Å². The van der Waals surface area contributed by atoms with Crippen LogP contribution in [-0.4, -0.2) is 23.2 Å². The molecule has 1 amide bonds. The zero-order chi connectivity index (χ0) is 13.9. The van der Waals surface area contributed by atoms with E-state index >= 15 is 0 Å². The first kappa shape index (κ1) is 14.8. The van der Waals surface area contributed by atoms with Gasteiger partial charge in [-0.25, -0.2) is 0 Å². The molecule has 1 aliphatic rings. The molecule has 0 aliphatic heterocycles. The van der Waals surface area contributed by atoms with E-state index in [0.29, 0.717) is 10.6 Å². The molecule has 0 saturated heterocycles. The fourth-order valence-corrected chi connectivity index (χ4v) is 2.96. The molecule has 0 atom stereocenters. The second-order valence-electron chi connectivity index (χ2n) is 5.09. The lowest BCUT2D eigenvalue weighted by atomic mass is 9.85. The van der Waals surface area contributed by atoms with E-state index in [-0.39, 0.29) is 12.5 Å². The van der Waals surface area contributed by atoms with Gasteiger partial charge in [0.1, 0.15) is 0 Å². The van der Waals surface area contributed by atoms with Crippen LogP contribution in [0.4, 0.5) is 0 Å². The molecule has 3 nitrogen and oxygen atoms in total. The third-order valence-corrected chi connectivity index (χ3v) is 4.36. The molecular weight excluding hydrogens is 330 g/mol. The zero-order valence-corrected chi connectivity index (χ0v) is 12.9. The van der Waals surface area contributed by atoms with Crippen LogP contribution < -0.4 is 5.32 Å². The van der Waals surface area contributed by atoms with Crippen LogP contribution in [0.25, 0.3) is 0 Å². The predicted octanol–water partition coefficient (Wildman–Crippen LogP) is 3.53. The maximum absolute atomic E-state index is 12.1. The third-order valence-electron chi connectivity index (χ3n) is 3.54. The van der Waals surface area contributed by atoms with Crippen LogP contribution in [0.2, 0.25) is 5.02 Å². The number of carbonyl (C=O) groups excluding carboxylic acids is 1. The van der Waals surface area contributed by atoms with E-state index in [4.69, 9.17) is 11.6 Å². The van der Waals surface area contributed by atoms with Crippen molar-refractivity contribution in [3.63, 3.8) is 0 Å². The lowest BCUT2D eigenvalue weighted by Gasteiger charge is -2.32. The Hall–Kier alpha value is -0.580. The SMILES string of the molecule is O=C(NCC1(O)CCCCC1)c1cc(Br)ccc1Cl. The molecule has 0 aromatic heterocycles. The van der Waals surface area contributed by atoms with Crippen LogP contribution >= 0.6 is 27.5 Å². The summed E-state index contributed by atoms with van der Waals surface area (Å²) in [6, 6.07) is 5.15. The minimum atomic E-state index is -0.758. The van der Waals surface area contributed by atoms with E-state index in [0.717, 1.165) is 36.6 Å². The molecule has 0 bridgehead atoms. The van der Waals surface area contributed by atoms with Gasteiger partial charge in [-0.1, -0.05) is 46.8 Å². The Morgan fingerprint density at radius 3 is 2.74 bits per heavy atom. The van der Waals surface area contributed by atoms with Crippen LogP contribution in [-0.2, 0) is 0 Å². The smallest absolute Gasteiger partial charge is 0.252 e. The summed E-state index contributed by atoms with van der Waals surface area (Å²) in [5, 5.41) is 13.5. The van der Waals surface area contributed by atoms with Crippen molar-refractivity contribution in [2.75, 3.05) is 6.54 Å². The summed E-state index contributed by atoms with van der Waals surface area (Å²) < 4.78 is 0.804. The highest BCUT2D eigenvalue weighted by atomic mass is 79.9. The summed E-state index contributed by atoms with van der Waals surface area (Å²) in [4.78, 5) is 12.1. The van der Waals surface area contributed by atoms with Crippen molar-refractivity contribution in [2.45, 2.75) is 37.7 Å². The fourth-order valence-electron chi connectivity index (χ4n) is 2.40. The summed E-state index contributed by atoms with van der Waals surface area (Å²) >= 11 is 9.32. The number of benzene rings is 1. The predicted molar refractivity (Wildman–Crippen MR) is 79.5 cm³/mol. The molecule has 1 aliphatic carbocycles. The zero-order valence-electron chi connectivity index (χ0n) is 10.6. The van der Waals surface area contributed by atoms with Gasteiger partial charge in [0.25, 0.3) is 5.91 Å². The molecular formula is C14H17BrClNO2. The molecule has 19 heavy (non-hydrogen) atoms. The quantitative estimate of drug-likeness (QED) is 0.879. The van der Waals surface area contributed by atoms with Crippen molar-refractivity contribution in [1.29, 1.82) is 0 Å². The van der Waals surface area contributed by atoms with Crippen molar-refractivity contribution in [1.82, 2.24) is 5.32 Å². The molecule has 0 spiro atoms. The van der Waals surface area contributed by atoms with E-state index < -0.39 is 5.60 Å². The first-order valence-corrected chi connectivity index (χ1v) is 7.63.